The summed E-state index contributed by atoms with van der Waals surface area (Å²) in [6.07, 6.45) is 2.54. The van der Waals surface area contributed by atoms with Crippen molar-refractivity contribution in [1.29, 1.82) is 5.26 Å². The maximum absolute atomic E-state index is 12.9. The molecule has 10 heteroatoms. The number of nitriles is 1. The molecular weight excluding hydrogens is 408 g/mol. The van der Waals surface area contributed by atoms with E-state index in [0.29, 0.717) is 30.8 Å². The Bertz CT molecular complexity index is 1080. The molecule has 0 aromatic heterocycles. The minimum atomic E-state index is -3.94. The molecule has 1 amide bonds. The number of likely N-dealkylation sites (tertiary alicyclic amines) is 1. The highest BCUT2D eigenvalue weighted by molar-refractivity contribution is 7.89. The summed E-state index contributed by atoms with van der Waals surface area (Å²) in [5, 5.41) is 11.7. The van der Waals surface area contributed by atoms with Crippen LogP contribution in [0, 0.1) is 11.5 Å². The molecule has 158 valence electrons. The largest absolute Gasteiger partial charge is 0.496 e. The Morgan fingerprint density at radius 3 is 2.57 bits per heavy atom. The average molecular weight is 430 g/mol. The zero-order chi connectivity index (χ0) is 21.7. The predicted molar refractivity (Wildman–Crippen MR) is 110 cm³/mol. The molecule has 1 aliphatic heterocycles. The van der Waals surface area contributed by atoms with Crippen molar-refractivity contribution in [2.24, 2.45) is 0 Å². The fourth-order valence-corrected chi connectivity index (χ4v) is 4.68. The van der Waals surface area contributed by atoms with E-state index in [-0.39, 0.29) is 22.4 Å². The molecule has 9 nitrogen and oxygen atoms in total. The van der Waals surface area contributed by atoms with E-state index in [9.17, 15) is 13.2 Å². The second-order valence-corrected chi connectivity index (χ2v) is 8.36. The van der Waals surface area contributed by atoms with Crippen molar-refractivity contribution >= 4 is 21.6 Å². The predicted octanol–water partition coefficient (Wildman–Crippen LogP) is 1.79. The zero-order valence-corrected chi connectivity index (χ0v) is 17.4. The number of para-hydroxylation sites is 1. The number of methoxy groups -OCH3 is 2. The number of benzene rings is 2. The second kappa shape index (κ2) is 9.02. The molecule has 0 saturated carbocycles. The minimum absolute atomic E-state index is 0.0989. The van der Waals surface area contributed by atoms with Gasteiger partial charge in [0, 0.05) is 24.8 Å². The van der Waals surface area contributed by atoms with Crippen molar-refractivity contribution in [3.63, 3.8) is 0 Å². The topological polar surface area (TPSA) is 121 Å². The van der Waals surface area contributed by atoms with Crippen molar-refractivity contribution < 1.29 is 22.7 Å². The first kappa shape index (κ1) is 21.4. The summed E-state index contributed by atoms with van der Waals surface area (Å²) >= 11 is 0. The lowest BCUT2D eigenvalue weighted by Crippen LogP contribution is -2.36. The summed E-state index contributed by atoms with van der Waals surface area (Å²) in [5.41, 5.74) is 0.609. The maximum Gasteiger partial charge on any atom is 0.259 e. The van der Waals surface area contributed by atoms with Gasteiger partial charge < -0.3 is 19.7 Å². The van der Waals surface area contributed by atoms with E-state index in [0.717, 1.165) is 0 Å². The Morgan fingerprint density at radius 1 is 1.17 bits per heavy atom. The first-order chi connectivity index (χ1) is 14.4. The lowest BCUT2D eigenvalue weighted by molar-refractivity contribution is 0.102. The van der Waals surface area contributed by atoms with Crippen LogP contribution < -0.4 is 19.5 Å². The van der Waals surface area contributed by atoms with Gasteiger partial charge in [-0.2, -0.15) is 5.26 Å². The van der Waals surface area contributed by atoms with Crippen molar-refractivity contribution in [1.82, 2.24) is 9.62 Å². The number of anilines is 1. The van der Waals surface area contributed by atoms with Gasteiger partial charge in [0.1, 0.15) is 16.4 Å². The molecule has 0 unspecified atom stereocenters. The Labute approximate surface area is 175 Å². The fraction of sp³-hybridized carbons (Fsp3) is 0.300. The molecule has 2 aromatic rings. The van der Waals surface area contributed by atoms with Crippen molar-refractivity contribution in [3.8, 4) is 17.7 Å². The molecule has 2 aromatic carbocycles. The SMILES string of the molecule is COc1ccccc1C(=O)Nc1ccc(OC)c(S(=O)(=O)N[C@@H]2CCN(C#N)C2)c1. The molecular formula is C20H22N4O5S. The number of carbonyl (C=O) groups is 1. The summed E-state index contributed by atoms with van der Waals surface area (Å²) < 4.78 is 38.9. The summed E-state index contributed by atoms with van der Waals surface area (Å²) in [7, 11) is -1.11. The molecule has 3 rings (SSSR count). The van der Waals surface area contributed by atoms with Gasteiger partial charge in [-0.05, 0) is 36.8 Å². The molecule has 0 spiro atoms. The maximum atomic E-state index is 12.9. The van der Waals surface area contributed by atoms with Gasteiger partial charge in [0.25, 0.3) is 5.91 Å². The highest BCUT2D eigenvalue weighted by atomic mass is 32.2. The normalized spacial score (nSPS) is 16.0. The van der Waals surface area contributed by atoms with Crippen LogP contribution in [0.1, 0.15) is 16.8 Å². The van der Waals surface area contributed by atoms with Crippen LogP contribution in [0.5, 0.6) is 11.5 Å². The van der Waals surface area contributed by atoms with Gasteiger partial charge in [-0.15, -0.1) is 0 Å². The van der Waals surface area contributed by atoms with E-state index >= 15 is 0 Å². The van der Waals surface area contributed by atoms with E-state index in [1.165, 1.54) is 31.3 Å². The third kappa shape index (κ3) is 4.64. The molecule has 2 N–H and O–H groups in total. The molecule has 1 atom stereocenters. The van der Waals surface area contributed by atoms with E-state index in [1.54, 1.807) is 30.3 Å². The number of hydrogen-bond donors (Lipinski definition) is 2. The van der Waals surface area contributed by atoms with Crippen LogP contribution in [-0.2, 0) is 10.0 Å². The van der Waals surface area contributed by atoms with E-state index in [2.05, 4.69) is 10.0 Å². The number of nitrogens with zero attached hydrogens (tertiary/aromatic N) is 2. The third-order valence-corrected chi connectivity index (χ3v) is 6.26. The number of sulfonamides is 1. The molecule has 0 bridgehead atoms. The van der Waals surface area contributed by atoms with Gasteiger partial charge in [-0.3, -0.25) is 4.79 Å². The molecule has 0 radical (unpaired) electrons. The van der Waals surface area contributed by atoms with Gasteiger partial charge in [0.15, 0.2) is 6.19 Å². The molecule has 1 saturated heterocycles. The van der Waals surface area contributed by atoms with Crippen molar-refractivity contribution in [3.05, 3.63) is 48.0 Å². The van der Waals surface area contributed by atoms with Crippen molar-refractivity contribution in [2.75, 3.05) is 32.6 Å². The highest BCUT2D eigenvalue weighted by Gasteiger charge is 2.29. The summed E-state index contributed by atoms with van der Waals surface area (Å²) in [4.78, 5) is 14.0. The molecule has 30 heavy (non-hydrogen) atoms. The van der Waals surface area contributed by atoms with Crippen LogP contribution in [0.3, 0.4) is 0 Å². The smallest absolute Gasteiger partial charge is 0.259 e. The zero-order valence-electron chi connectivity index (χ0n) is 16.6. The molecule has 0 aliphatic carbocycles. The minimum Gasteiger partial charge on any atom is -0.496 e. The van der Waals surface area contributed by atoms with Gasteiger partial charge in [-0.25, -0.2) is 13.1 Å². The quantitative estimate of drug-likeness (QED) is 0.643. The average Bonchev–Trinajstić information content (AvgIpc) is 3.20. The number of ether oxygens (including phenoxy) is 2. The Morgan fingerprint density at radius 2 is 1.90 bits per heavy atom. The molecule has 1 aliphatic rings. The highest BCUT2D eigenvalue weighted by Crippen LogP contribution is 2.28. The number of amides is 1. The number of nitrogens with one attached hydrogen (secondary N) is 2. The van der Waals surface area contributed by atoms with Crippen LogP contribution in [0.2, 0.25) is 0 Å². The lowest BCUT2D eigenvalue weighted by atomic mass is 10.2. The van der Waals surface area contributed by atoms with Crippen LogP contribution in [0.15, 0.2) is 47.4 Å². The summed E-state index contributed by atoms with van der Waals surface area (Å²) in [5.74, 6) is 0.114. The first-order valence-electron chi connectivity index (χ1n) is 9.17. The van der Waals surface area contributed by atoms with Gasteiger partial charge in [0.05, 0.1) is 19.8 Å². The van der Waals surface area contributed by atoms with Gasteiger partial charge in [0.2, 0.25) is 10.0 Å². The van der Waals surface area contributed by atoms with Gasteiger partial charge >= 0.3 is 0 Å². The number of hydrogen-bond acceptors (Lipinski definition) is 7. The lowest BCUT2D eigenvalue weighted by Gasteiger charge is -2.16. The van der Waals surface area contributed by atoms with Gasteiger partial charge in [-0.1, -0.05) is 12.1 Å². The molecule has 1 heterocycles. The standard InChI is InChI=1S/C20H22N4O5S/c1-28-17-6-4-3-5-16(17)20(25)22-14-7-8-18(29-2)19(11-14)30(26,27)23-15-9-10-24(12-15)13-21/h3-8,11,15,23H,9-10,12H2,1-2H3,(H,22,25)/t15-/m1/s1. The number of carbonyl (C=O) groups excluding carboxylic acids is 1. The fourth-order valence-electron chi connectivity index (χ4n) is 3.23. The summed E-state index contributed by atoms with van der Waals surface area (Å²) in [6.45, 7) is 0.804. The Kier molecular flexibility index (Phi) is 6.44. The Hall–Kier alpha value is -3.29. The second-order valence-electron chi connectivity index (χ2n) is 6.67. The molecule has 1 fully saturated rings. The first-order valence-corrected chi connectivity index (χ1v) is 10.7. The summed E-state index contributed by atoms with van der Waals surface area (Å²) in [6, 6.07) is 10.7. The van der Waals surface area contributed by atoms with Crippen molar-refractivity contribution in [2.45, 2.75) is 17.4 Å². The monoisotopic (exact) mass is 430 g/mol. The van der Waals surface area contributed by atoms with E-state index in [4.69, 9.17) is 14.7 Å². The van der Waals surface area contributed by atoms with Crippen LogP contribution in [-0.4, -0.2) is 52.6 Å². The number of rotatable bonds is 7. The third-order valence-electron chi connectivity index (χ3n) is 4.71. The van der Waals surface area contributed by atoms with Crippen LogP contribution in [0.4, 0.5) is 5.69 Å². The van der Waals surface area contributed by atoms with Crippen LogP contribution in [0.25, 0.3) is 0 Å². The Balaban J connectivity index is 1.85. The van der Waals surface area contributed by atoms with E-state index < -0.39 is 15.9 Å². The van der Waals surface area contributed by atoms with Crippen LogP contribution >= 0.6 is 0 Å². The van der Waals surface area contributed by atoms with E-state index in [1.807, 2.05) is 6.19 Å².